The second-order valence-electron chi connectivity index (χ2n) is 4.42. The van der Waals surface area contributed by atoms with E-state index < -0.39 is 6.10 Å². The third-order valence-electron chi connectivity index (χ3n) is 2.71. The molecule has 1 aromatic carbocycles. The van der Waals surface area contributed by atoms with Crippen LogP contribution in [0.5, 0.6) is 5.75 Å². The molecule has 4 heteroatoms. The van der Waals surface area contributed by atoms with E-state index in [1.807, 2.05) is 39.0 Å². The van der Waals surface area contributed by atoms with E-state index in [1.54, 1.807) is 0 Å². The molecular weight excluding hydrogens is 230 g/mol. The molecule has 0 heterocycles. The monoisotopic (exact) mass is 251 g/mol. The van der Waals surface area contributed by atoms with Crippen LogP contribution in [0, 0.1) is 13.8 Å². The Balaban J connectivity index is 2.40. The van der Waals surface area contributed by atoms with Gasteiger partial charge in [0.2, 0.25) is 0 Å². The van der Waals surface area contributed by atoms with Crippen molar-refractivity contribution in [3.05, 3.63) is 29.3 Å². The molecule has 1 unspecified atom stereocenters. The molecule has 0 aromatic heterocycles. The number of benzene rings is 1. The Bertz CT molecular complexity index is 404. The molecule has 1 aromatic rings. The minimum Gasteiger partial charge on any atom is -0.483 e. The summed E-state index contributed by atoms with van der Waals surface area (Å²) in [5, 5.41) is 11.9. The number of aliphatic hydroxyl groups excluding tert-OH is 1. The maximum Gasteiger partial charge on any atom is 0.258 e. The Morgan fingerprint density at radius 1 is 1.44 bits per heavy atom. The molecule has 0 saturated heterocycles. The zero-order valence-corrected chi connectivity index (χ0v) is 11.2. The highest BCUT2D eigenvalue weighted by Gasteiger charge is 2.07. The highest BCUT2D eigenvalue weighted by molar-refractivity contribution is 5.77. The largest absolute Gasteiger partial charge is 0.483 e. The predicted octanol–water partition coefficient (Wildman–Crippen LogP) is 1.57. The Kier molecular flexibility index (Phi) is 5.65. The molecule has 4 nitrogen and oxygen atoms in total. The molecule has 0 spiro atoms. The molecule has 1 atom stereocenters. The van der Waals surface area contributed by atoms with Gasteiger partial charge < -0.3 is 15.2 Å². The van der Waals surface area contributed by atoms with Crippen molar-refractivity contribution >= 4 is 5.91 Å². The van der Waals surface area contributed by atoms with Crippen molar-refractivity contribution < 1.29 is 14.6 Å². The van der Waals surface area contributed by atoms with Gasteiger partial charge in [-0.1, -0.05) is 19.1 Å². The van der Waals surface area contributed by atoms with E-state index in [9.17, 15) is 9.90 Å². The highest BCUT2D eigenvalue weighted by atomic mass is 16.5. The third-order valence-corrected chi connectivity index (χ3v) is 2.71. The van der Waals surface area contributed by atoms with Crippen molar-refractivity contribution in [3.8, 4) is 5.75 Å². The van der Waals surface area contributed by atoms with Crippen LogP contribution in [0.3, 0.4) is 0 Å². The minimum atomic E-state index is -0.491. The normalized spacial score (nSPS) is 12.0. The SMILES string of the molecule is CCC(O)CNC(=O)COc1cc(C)ccc1C. The molecule has 0 fully saturated rings. The summed E-state index contributed by atoms with van der Waals surface area (Å²) in [6, 6.07) is 5.87. The number of carbonyl (C=O) groups excluding carboxylic acids is 1. The smallest absolute Gasteiger partial charge is 0.258 e. The molecule has 0 aliphatic rings. The van der Waals surface area contributed by atoms with Crippen molar-refractivity contribution in [1.82, 2.24) is 5.32 Å². The van der Waals surface area contributed by atoms with Gasteiger partial charge in [-0.2, -0.15) is 0 Å². The van der Waals surface area contributed by atoms with Crippen molar-refractivity contribution in [3.63, 3.8) is 0 Å². The van der Waals surface area contributed by atoms with Gasteiger partial charge in [-0.3, -0.25) is 4.79 Å². The van der Waals surface area contributed by atoms with Gasteiger partial charge in [0.25, 0.3) is 5.91 Å². The van der Waals surface area contributed by atoms with E-state index in [2.05, 4.69) is 5.32 Å². The van der Waals surface area contributed by atoms with Crippen molar-refractivity contribution in [2.75, 3.05) is 13.2 Å². The number of ether oxygens (including phenoxy) is 1. The summed E-state index contributed by atoms with van der Waals surface area (Å²) >= 11 is 0. The average Bonchev–Trinajstić information content (AvgIpc) is 2.36. The number of aryl methyl sites for hydroxylation is 2. The van der Waals surface area contributed by atoms with Crippen LogP contribution in [0.2, 0.25) is 0 Å². The molecule has 100 valence electrons. The molecule has 0 aliphatic carbocycles. The number of hydrogen-bond acceptors (Lipinski definition) is 3. The molecule has 2 N–H and O–H groups in total. The molecule has 0 saturated carbocycles. The Hall–Kier alpha value is -1.55. The van der Waals surface area contributed by atoms with Crippen molar-refractivity contribution in [1.29, 1.82) is 0 Å². The molecule has 1 amide bonds. The van der Waals surface area contributed by atoms with Crippen LogP contribution < -0.4 is 10.1 Å². The van der Waals surface area contributed by atoms with Gasteiger partial charge in [0.15, 0.2) is 6.61 Å². The van der Waals surface area contributed by atoms with Gasteiger partial charge in [-0.05, 0) is 37.5 Å². The fourth-order valence-corrected chi connectivity index (χ4v) is 1.43. The lowest BCUT2D eigenvalue weighted by atomic mass is 10.1. The van der Waals surface area contributed by atoms with E-state index in [4.69, 9.17) is 4.74 Å². The number of hydrogen-bond donors (Lipinski definition) is 2. The summed E-state index contributed by atoms with van der Waals surface area (Å²) in [6.07, 6.45) is 0.132. The summed E-state index contributed by atoms with van der Waals surface area (Å²) in [6.45, 7) is 6.02. The minimum absolute atomic E-state index is 0.0271. The van der Waals surface area contributed by atoms with Gasteiger partial charge in [-0.15, -0.1) is 0 Å². The maximum absolute atomic E-state index is 11.5. The topological polar surface area (TPSA) is 58.6 Å². The zero-order valence-electron chi connectivity index (χ0n) is 11.2. The first-order valence-electron chi connectivity index (χ1n) is 6.17. The van der Waals surface area contributed by atoms with Crippen LogP contribution in [0.4, 0.5) is 0 Å². The summed E-state index contributed by atoms with van der Waals surface area (Å²) in [7, 11) is 0. The Morgan fingerprint density at radius 3 is 2.83 bits per heavy atom. The Morgan fingerprint density at radius 2 is 2.17 bits per heavy atom. The lowest BCUT2D eigenvalue weighted by Crippen LogP contribution is -2.35. The number of amides is 1. The number of aliphatic hydroxyl groups is 1. The van der Waals surface area contributed by atoms with Crippen LogP contribution in [0.1, 0.15) is 24.5 Å². The lowest BCUT2D eigenvalue weighted by Gasteiger charge is -2.12. The highest BCUT2D eigenvalue weighted by Crippen LogP contribution is 2.18. The molecule has 0 radical (unpaired) electrons. The first kappa shape index (κ1) is 14.5. The van der Waals surface area contributed by atoms with Gasteiger partial charge >= 0.3 is 0 Å². The van der Waals surface area contributed by atoms with Crippen LogP contribution in [-0.2, 0) is 4.79 Å². The van der Waals surface area contributed by atoms with E-state index in [0.29, 0.717) is 6.42 Å². The first-order chi connectivity index (χ1) is 8.52. The second-order valence-corrected chi connectivity index (χ2v) is 4.42. The van der Waals surface area contributed by atoms with Gasteiger partial charge in [-0.25, -0.2) is 0 Å². The number of carbonyl (C=O) groups is 1. The van der Waals surface area contributed by atoms with Crippen LogP contribution in [0.15, 0.2) is 18.2 Å². The van der Waals surface area contributed by atoms with E-state index in [-0.39, 0.29) is 19.1 Å². The van der Waals surface area contributed by atoms with Crippen molar-refractivity contribution in [2.45, 2.75) is 33.3 Å². The number of rotatable bonds is 6. The summed E-state index contributed by atoms with van der Waals surface area (Å²) in [5.74, 6) is 0.504. The fraction of sp³-hybridized carbons (Fsp3) is 0.500. The third kappa shape index (κ3) is 4.75. The lowest BCUT2D eigenvalue weighted by molar-refractivity contribution is -0.123. The van der Waals surface area contributed by atoms with E-state index in [0.717, 1.165) is 16.9 Å². The molecule has 1 rings (SSSR count). The van der Waals surface area contributed by atoms with Gasteiger partial charge in [0.1, 0.15) is 5.75 Å². The summed E-state index contributed by atoms with van der Waals surface area (Å²) < 4.78 is 5.45. The molecular formula is C14H21NO3. The maximum atomic E-state index is 11.5. The molecule has 0 aliphatic heterocycles. The van der Waals surface area contributed by atoms with Crippen LogP contribution in [-0.4, -0.2) is 30.3 Å². The number of nitrogens with one attached hydrogen (secondary N) is 1. The quantitative estimate of drug-likeness (QED) is 0.807. The van der Waals surface area contributed by atoms with E-state index in [1.165, 1.54) is 0 Å². The second kappa shape index (κ2) is 7.01. The van der Waals surface area contributed by atoms with Gasteiger partial charge in [0, 0.05) is 6.54 Å². The predicted molar refractivity (Wildman–Crippen MR) is 70.7 cm³/mol. The van der Waals surface area contributed by atoms with Crippen molar-refractivity contribution in [2.24, 2.45) is 0 Å². The van der Waals surface area contributed by atoms with E-state index >= 15 is 0 Å². The Labute approximate surface area is 108 Å². The standard InChI is InChI=1S/C14H21NO3/c1-4-12(16)8-15-14(17)9-18-13-7-10(2)5-6-11(13)3/h5-7,12,16H,4,8-9H2,1-3H3,(H,15,17). The van der Waals surface area contributed by atoms with Crippen LogP contribution >= 0.6 is 0 Å². The van der Waals surface area contributed by atoms with Crippen LogP contribution in [0.25, 0.3) is 0 Å². The first-order valence-corrected chi connectivity index (χ1v) is 6.17. The molecule has 18 heavy (non-hydrogen) atoms. The summed E-state index contributed by atoms with van der Waals surface area (Å²) in [5.41, 5.74) is 2.10. The zero-order chi connectivity index (χ0) is 13.5. The fourth-order valence-electron chi connectivity index (χ4n) is 1.43. The van der Waals surface area contributed by atoms with Gasteiger partial charge in [0.05, 0.1) is 6.10 Å². The molecule has 0 bridgehead atoms. The average molecular weight is 251 g/mol. The summed E-state index contributed by atoms with van der Waals surface area (Å²) in [4.78, 5) is 11.5.